The van der Waals surface area contributed by atoms with Crippen molar-refractivity contribution in [3.8, 4) is 0 Å². The van der Waals surface area contributed by atoms with Crippen LogP contribution in [0, 0.1) is 5.92 Å². The summed E-state index contributed by atoms with van der Waals surface area (Å²) in [5.41, 5.74) is 7.40. The minimum Gasteiger partial charge on any atom is -0.481 e. The third kappa shape index (κ3) is 3.34. The van der Waals surface area contributed by atoms with Crippen molar-refractivity contribution in [3.63, 3.8) is 0 Å². The fourth-order valence-corrected chi connectivity index (χ4v) is 2.30. The normalized spacial score (nSPS) is 21.6. The highest BCUT2D eigenvalue weighted by Gasteiger charge is 2.34. The van der Waals surface area contributed by atoms with Crippen molar-refractivity contribution in [2.24, 2.45) is 11.7 Å². The molecule has 1 amide bonds. The maximum atomic E-state index is 12.0. The Morgan fingerprint density at radius 1 is 1.30 bits per heavy atom. The molecule has 2 unspecified atom stereocenters. The van der Waals surface area contributed by atoms with Gasteiger partial charge in [-0.3, -0.25) is 9.59 Å². The Bertz CT molecular complexity index is 504. The van der Waals surface area contributed by atoms with Crippen LogP contribution in [0.15, 0.2) is 24.3 Å². The van der Waals surface area contributed by atoms with Crippen LogP contribution in [0.25, 0.3) is 0 Å². The van der Waals surface area contributed by atoms with Gasteiger partial charge in [-0.05, 0) is 11.1 Å². The minimum atomic E-state index is -0.949. The summed E-state index contributed by atoms with van der Waals surface area (Å²) >= 11 is 0. The topological polar surface area (TPSA) is 102 Å². The van der Waals surface area contributed by atoms with Crippen LogP contribution < -0.4 is 11.1 Å². The Morgan fingerprint density at radius 3 is 2.65 bits per heavy atom. The summed E-state index contributed by atoms with van der Waals surface area (Å²) in [5.74, 6) is -1.84. The van der Waals surface area contributed by atoms with Gasteiger partial charge in [-0.1, -0.05) is 24.3 Å². The maximum Gasteiger partial charge on any atom is 0.311 e. The number of rotatable bonds is 5. The molecule has 20 heavy (non-hydrogen) atoms. The van der Waals surface area contributed by atoms with Crippen LogP contribution in [0.5, 0.6) is 0 Å². The van der Waals surface area contributed by atoms with E-state index in [9.17, 15) is 9.59 Å². The van der Waals surface area contributed by atoms with Crippen LogP contribution in [0.1, 0.15) is 11.1 Å². The summed E-state index contributed by atoms with van der Waals surface area (Å²) in [4.78, 5) is 23.0. The number of carboxylic acid groups (broad SMARTS) is 1. The van der Waals surface area contributed by atoms with Crippen LogP contribution in [-0.2, 0) is 27.3 Å². The van der Waals surface area contributed by atoms with E-state index in [1.54, 1.807) is 0 Å². The average molecular weight is 278 g/mol. The van der Waals surface area contributed by atoms with E-state index in [1.807, 2.05) is 24.3 Å². The summed E-state index contributed by atoms with van der Waals surface area (Å²) in [5, 5.41) is 11.7. The van der Waals surface area contributed by atoms with E-state index in [0.717, 1.165) is 11.1 Å². The standard InChI is InChI=1S/C14H18N2O4/c15-6-10-4-2-1-3-9(10)5-13(17)16-12-8-20-7-11(12)14(18)19/h1-4,11-12H,5-8,15H2,(H,16,17)(H,18,19). The van der Waals surface area contributed by atoms with Gasteiger partial charge in [0.1, 0.15) is 5.92 Å². The Kier molecular flexibility index (Phi) is 4.70. The van der Waals surface area contributed by atoms with Crippen molar-refractivity contribution in [2.75, 3.05) is 13.2 Å². The zero-order valence-corrected chi connectivity index (χ0v) is 11.0. The van der Waals surface area contributed by atoms with Crippen LogP contribution >= 0.6 is 0 Å². The Hall–Kier alpha value is -1.92. The molecule has 1 aliphatic rings. The van der Waals surface area contributed by atoms with Crippen molar-refractivity contribution in [1.29, 1.82) is 0 Å². The first-order valence-corrected chi connectivity index (χ1v) is 6.48. The van der Waals surface area contributed by atoms with E-state index in [4.69, 9.17) is 15.6 Å². The molecule has 1 aliphatic heterocycles. The predicted octanol–water partition coefficient (Wildman–Crippen LogP) is -0.0964. The fraction of sp³-hybridized carbons (Fsp3) is 0.429. The quantitative estimate of drug-likeness (QED) is 0.698. The van der Waals surface area contributed by atoms with Crippen LogP contribution in [0.3, 0.4) is 0 Å². The molecule has 1 fully saturated rings. The average Bonchev–Trinajstić information content (AvgIpc) is 2.87. The molecule has 0 bridgehead atoms. The highest BCUT2D eigenvalue weighted by molar-refractivity contribution is 5.80. The minimum absolute atomic E-state index is 0.139. The maximum absolute atomic E-state index is 12.0. The molecule has 1 saturated heterocycles. The number of carbonyl (C=O) groups is 2. The molecule has 108 valence electrons. The molecule has 1 aromatic rings. The van der Waals surface area contributed by atoms with Gasteiger partial charge in [0.2, 0.25) is 5.91 Å². The lowest BCUT2D eigenvalue weighted by atomic mass is 10.0. The molecule has 6 nitrogen and oxygen atoms in total. The summed E-state index contributed by atoms with van der Waals surface area (Å²) in [6.45, 7) is 0.745. The second-order valence-corrected chi connectivity index (χ2v) is 4.81. The summed E-state index contributed by atoms with van der Waals surface area (Å²) < 4.78 is 5.11. The molecule has 2 atom stereocenters. The lowest BCUT2D eigenvalue weighted by molar-refractivity contribution is -0.142. The van der Waals surface area contributed by atoms with Gasteiger partial charge in [-0.2, -0.15) is 0 Å². The number of hydrogen-bond acceptors (Lipinski definition) is 4. The number of amides is 1. The molecule has 4 N–H and O–H groups in total. The zero-order chi connectivity index (χ0) is 14.5. The molecule has 0 radical (unpaired) electrons. The van der Waals surface area contributed by atoms with E-state index < -0.39 is 17.9 Å². The summed E-state index contributed by atoms with van der Waals surface area (Å²) in [7, 11) is 0. The highest BCUT2D eigenvalue weighted by Crippen LogP contribution is 2.15. The SMILES string of the molecule is NCc1ccccc1CC(=O)NC1COCC1C(=O)O. The first kappa shape index (κ1) is 14.5. The van der Waals surface area contributed by atoms with Gasteiger partial charge >= 0.3 is 5.97 Å². The molecular formula is C14H18N2O4. The van der Waals surface area contributed by atoms with Crippen LogP contribution in [0.4, 0.5) is 0 Å². The second kappa shape index (κ2) is 6.49. The number of carboxylic acids is 1. The predicted molar refractivity (Wildman–Crippen MR) is 71.9 cm³/mol. The van der Waals surface area contributed by atoms with Gasteiger partial charge in [0.25, 0.3) is 0 Å². The van der Waals surface area contributed by atoms with Gasteiger partial charge in [-0.15, -0.1) is 0 Å². The molecule has 6 heteroatoms. The highest BCUT2D eigenvalue weighted by atomic mass is 16.5. The largest absolute Gasteiger partial charge is 0.481 e. The molecular weight excluding hydrogens is 260 g/mol. The van der Waals surface area contributed by atoms with Crippen molar-refractivity contribution < 1.29 is 19.4 Å². The zero-order valence-electron chi connectivity index (χ0n) is 11.0. The van der Waals surface area contributed by atoms with E-state index in [0.29, 0.717) is 6.54 Å². The molecule has 0 aromatic heterocycles. The smallest absolute Gasteiger partial charge is 0.311 e. The lowest BCUT2D eigenvalue weighted by Gasteiger charge is -2.16. The van der Waals surface area contributed by atoms with E-state index in [1.165, 1.54) is 0 Å². The number of benzene rings is 1. The monoisotopic (exact) mass is 278 g/mol. The fourth-order valence-electron chi connectivity index (χ4n) is 2.30. The Balaban J connectivity index is 1.97. The van der Waals surface area contributed by atoms with E-state index >= 15 is 0 Å². The van der Waals surface area contributed by atoms with Gasteiger partial charge in [0, 0.05) is 6.54 Å². The van der Waals surface area contributed by atoms with Crippen molar-refractivity contribution in [2.45, 2.75) is 19.0 Å². The van der Waals surface area contributed by atoms with Gasteiger partial charge < -0.3 is 20.9 Å². The van der Waals surface area contributed by atoms with Crippen LogP contribution in [-0.4, -0.2) is 36.2 Å². The molecule has 1 aromatic carbocycles. The number of aliphatic carboxylic acids is 1. The van der Waals surface area contributed by atoms with Crippen molar-refractivity contribution in [1.82, 2.24) is 5.32 Å². The first-order chi connectivity index (χ1) is 9.61. The lowest BCUT2D eigenvalue weighted by Crippen LogP contribution is -2.43. The number of nitrogens with one attached hydrogen (secondary N) is 1. The number of hydrogen-bond donors (Lipinski definition) is 3. The number of nitrogens with two attached hydrogens (primary N) is 1. The Labute approximate surface area is 116 Å². The molecule has 0 aliphatic carbocycles. The van der Waals surface area contributed by atoms with Crippen molar-refractivity contribution >= 4 is 11.9 Å². The number of ether oxygens (including phenoxy) is 1. The molecule has 0 spiro atoms. The third-order valence-corrected chi connectivity index (χ3v) is 3.43. The molecule has 1 heterocycles. The second-order valence-electron chi connectivity index (χ2n) is 4.81. The van der Waals surface area contributed by atoms with Gasteiger partial charge in [0.05, 0.1) is 25.7 Å². The van der Waals surface area contributed by atoms with Gasteiger partial charge in [0.15, 0.2) is 0 Å². The van der Waals surface area contributed by atoms with E-state index in [2.05, 4.69) is 5.32 Å². The number of carbonyl (C=O) groups excluding carboxylic acids is 1. The van der Waals surface area contributed by atoms with Crippen LogP contribution in [0.2, 0.25) is 0 Å². The summed E-state index contributed by atoms with van der Waals surface area (Å²) in [6.07, 6.45) is 0.191. The molecule has 2 rings (SSSR count). The van der Waals surface area contributed by atoms with Crippen molar-refractivity contribution in [3.05, 3.63) is 35.4 Å². The first-order valence-electron chi connectivity index (χ1n) is 6.48. The van der Waals surface area contributed by atoms with E-state index in [-0.39, 0.29) is 25.5 Å². The third-order valence-electron chi connectivity index (χ3n) is 3.43. The van der Waals surface area contributed by atoms with Gasteiger partial charge in [-0.25, -0.2) is 0 Å². The summed E-state index contributed by atoms with van der Waals surface area (Å²) in [6, 6.07) is 6.98. The molecule has 0 saturated carbocycles. The Morgan fingerprint density at radius 2 is 2.00 bits per heavy atom.